The first-order chi connectivity index (χ1) is 10.2. The Hall–Kier alpha value is -1.71. The first-order valence-electron chi connectivity index (χ1n) is 7.48. The zero-order chi connectivity index (χ0) is 14.8. The van der Waals surface area contributed by atoms with Crippen molar-refractivity contribution in [3.05, 3.63) is 70.5 Å². The van der Waals surface area contributed by atoms with Gasteiger partial charge < -0.3 is 0 Å². The molecule has 2 aromatic rings. The molecule has 0 fully saturated rings. The average Bonchev–Trinajstić information content (AvgIpc) is 2.92. The van der Waals surface area contributed by atoms with Gasteiger partial charge in [-0.15, -0.1) is 0 Å². The Morgan fingerprint density at radius 1 is 1.29 bits per heavy atom. The van der Waals surface area contributed by atoms with Gasteiger partial charge in [-0.1, -0.05) is 30.3 Å². The summed E-state index contributed by atoms with van der Waals surface area (Å²) in [7, 11) is 0. The molecule has 0 amide bonds. The van der Waals surface area contributed by atoms with Crippen molar-refractivity contribution in [2.45, 2.75) is 38.1 Å². The summed E-state index contributed by atoms with van der Waals surface area (Å²) in [5.41, 5.74) is 7.90. The molecule has 1 aliphatic rings. The SMILES string of the molecule is Cc1ccc(F)cc1CC(NN)C1CCc2ccccc21. The molecular weight excluding hydrogens is 263 g/mol. The lowest BCUT2D eigenvalue weighted by Crippen LogP contribution is -2.41. The maximum absolute atomic E-state index is 13.5. The minimum Gasteiger partial charge on any atom is -0.271 e. The number of fused-ring (bicyclic) bond motifs is 1. The zero-order valence-corrected chi connectivity index (χ0v) is 12.3. The van der Waals surface area contributed by atoms with Gasteiger partial charge in [-0.3, -0.25) is 11.3 Å². The van der Waals surface area contributed by atoms with E-state index in [0.717, 1.165) is 30.4 Å². The summed E-state index contributed by atoms with van der Waals surface area (Å²) in [6.07, 6.45) is 2.95. The predicted molar refractivity (Wildman–Crippen MR) is 83.5 cm³/mol. The highest BCUT2D eigenvalue weighted by Gasteiger charge is 2.29. The molecule has 0 radical (unpaired) electrons. The Kier molecular flexibility index (Phi) is 4.04. The van der Waals surface area contributed by atoms with Crippen LogP contribution in [0.25, 0.3) is 0 Å². The molecule has 2 aromatic carbocycles. The second-order valence-electron chi connectivity index (χ2n) is 5.89. The van der Waals surface area contributed by atoms with E-state index in [4.69, 9.17) is 5.84 Å². The van der Waals surface area contributed by atoms with Crippen LogP contribution in [0.1, 0.15) is 34.6 Å². The van der Waals surface area contributed by atoms with E-state index in [2.05, 4.69) is 29.7 Å². The Balaban J connectivity index is 1.85. The largest absolute Gasteiger partial charge is 0.271 e. The van der Waals surface area contributed by atoms with Crippen LogP contribution in [0.5, 0.6) is 0 Å². The molecule has 0 heterocycles. The number of nitrogens with two attached hydrogens (primary N) is 1. The first-order valence-corrected chi connectivity index (χ1v) is 7.48. The minimum atomic E-state index is -0.182. The Morgan fingerprint density at radius 2 is 2.10 bits per heavy atom. The van der Waals surface area contributed by atoms with Crippen molar-refractivity contribution in [3.63, 3.8) is 0 Å². The molecule has 3 heteroatoms. The molecular formula is C18H21FN2. The molecule has 0 aliphatic heterocycles. The minimum absolute atomic E-state index is 0.133. The summed E-state index contributed by atoms with van der Waals surface area (Å²) in [5.74, 6) is 6.02. The fraction of sp³-hybridized carbons (Fsp3) is 0.333. The standard InChI is InChI=1S/C18H21FN2/c1-12-6-8-15(19)10-14(12)11-18(21-20)17-9-7-13-4-2-3-5-16(13)17/h2-6,8,10,17-18,21H,7,9,11,20H2,1H3. The van der Waals surface area contributed by atoms with Gasteiger partial charge in [-0.2, -0.15) is 0 Å². The molecule has 2 nitrogen and oxygen atoms in total. The normalized spacial score (nSPS) is 18.5. The van der Waals surface area contributed by atoms with E-state index < -0.39 is 0 Å². The molecule has 21 heavy (non-hydrogen) atoms. The van der Waals surface area contributed by atoms with Gasteiger partial charge >= 0.3 is 0 Å². The van der Waals surface area contributed by atoms with Gasteiger partial charge in [0, 0.05) is 12.0 Å². The van der Waals surface area contributed by atoms with Crippen LogP contribution in [-0.4, -0.2) is 6.04 Å². The van der Waals surface area contributed by atoms with Gasteiger partial charge in [-0.05, 0) is 60.6 Å². The highest BCUT2D eigenvalue weighted by Crippen LogP contribution is 2.36. The van der Waals surface area contributed by atoms with Gasteiger partial charge in [0.15, 0.2) is 0 Å². The van der Waals surface area contributed by atoms with Crippen LogP contribution in [0.2, 0.25) is 0 Å². The lowest BCUT2D eigenvalue weighted by atomic mass is 9.88. The third-order valence-corrected chi connectivity index (χ3v) is 4.63. The quantitative estimate of drug-likeness (QED) is 0.668. The molecule has 2 unspecified atom stereocenters. The Labute approximate surface area is 125 Å². The lowest BCUT2D eigenvalue weighted by molar-refractivity contribution is 0.433. The maximum atomic E-state index is 13.5. The van der Waals surface area contributed by atoms with E-state index in [1.807, 2.05) is 13.0 Å². The smallest absolute Gasteiger partial charge is 0.123 e. The molecule has 1 aliphatic carbocycles. The highest BCUT2D eigenvalue weighted by atomic mass is 19.1. The molecule has 2 atom stereocenters. The van der Waals surface area contributed by atoms with Gasteiger partial charge in [0.1, 0.15) is 5.82 Å². The summed E-state index contributed by atoms with van der Waals surface area (Å²) in [4.78, 5) is 0. The topological polar surface area (TPSA) is 38.0 Å². The molecule has 0 saturated carbocycles. The van der Waals surface area contributed by atoms with Crippen LogP contribution >= 0.6 is 0 Å². The van der Waals surface area contributed by atoms with Crippen molar-refractivity contribution in [3.8, 4) is 0 Å². The van der Waals surface area contributed by atoms with Crippen LogP contribution in [0, 0.1) is 12.7 Å². The van der Waals surface area contributed by atoms with E-state index >= 15 is 0 Å². The third-order valence-electron chi connectivity index (χ3n) is 4.63. The van der Waals surface area contributed by atoms with E-state index in [9.17, 15) is 4.39 Å². The summed E-state index contributed by atoms with van der Waals surface area (Å²) in [5, 5.41) is 0. The number of rotatable bonds is 4. The molecule has 3 N–H and O–H groups in total. The van der Waals surface area contributed by atoms with Crippen molar-refractivity contribution >= 4 is 0 Å². The van der Waals surface area contributed by atoms with E-state index in [0.29, 0.717) is 5.92 Å². The molecule has 0 saturated heterocycles. The number of hydrogen-bond acceptors (Lipinski definition) is 2. The van der Waals surface area contributed by atoms with Crippen molar-refractivity contribution in [2.24, 2.45) is 5.84 Å². The fourth-order valence-electron chi connectivity index (χ4n) is 3.42. The monoisotopic (exact) mass is 284 g/mol. The molecule has 3 rings (SSSR count). The zero-order valence-electron chi connectivity index (χ0n) is 12.3. The molecule has 0 aromatic heterocycles. The number of nitrogens with one attached hydrogen (secondary N) is 1. The Bertz CT molecular complexity index is 639. The predicted octanol–water partition coefficient (Wildman–Crippen LogP) is 3.24. The first kappa shape index (κ1) is 14.2. The molecule has 0 spiro atoms. The van der Waals surface area contributed by atoms with E-state index in [1.165, 1.54) is 17.2 Å². The fourth-order valence-corrected chi connectivity index (χ4v) is 3.42. The van der Waals surface area contributed by atoms with Crippen molar-refractivity contribution in [1.82, 2.24) is 5.43 Å². The third kappa shape index (κ3) is 2.85. The lowest BCUT2D eigenvalue weighted by Gasteiger charge is -2.24. The van der Waals surface area contributed by atoms with E-state index in [1.54, 1.807) is 6.07 Å². The number of hydrazine groups is 1. The molecule has 110 valence electrons. The second kappa shape index (κ2) is 5.96. The van der Waals surface area contributed by atoms with Gasteiger partial charge in [0.05, 0.1) is 0 Å². The summed E-state index contributed by atoms with van der Waals surface area (Å²) >= 11 is 0. The van der Waals surface area contributed by atoms with Crippen molar-refractivity contribution in [2.75, 3.05) is 0 Å². The van der Waals surface area contributed by atoms with Gasteiger partial charge in [-0.25, -0.2) is 4.39 Å². The van der Waals surface area contributed by atoms with Gasteiger partial charge in [0.25, 0.3) is 0 Å². The van der Waals surface area contributed by atoms with Crippen LogP contribution in [0.3, 0.4) is 0 Å². The van der Waals surface area contributed by atoms with Crippen LogP contribution in [0.4, 0.5) is 4.39 Å². The number of halogens is 1. The average molecular weight is 284 g/mol. The number of aryl methyl sites for hydroxylation is 2. The molecule has 0 bridgehead atoms. The van der Waals surface area contributed by atoms with Crippen LogP contribution < -0.4 is 11.3 Å². The second-order valence-corrected chi connectivity index (χ2v) is 5.89. The summed E-state index contributed by atoms with van der Waals surface area (Å²) < 4.78 is 13.5. The van der Waals surface area contributed by atoms with Crippen molar-refractivity contribution in [1.29, 1.82) is 0 Å². The van der Waals surface area contributed by atoms with Gasteiger partial charge in [0.2, 0.25) is 0 Å². The van der Waals surface area contributed by atoms with Crippen molar-refractivity contribution < 1.29 is 4.39 Å². The van der Waals surface area contributed by atoms with E-state index in [-0.39, 0.29) is 11.9 Å². The maximum Gasteiger partial charge on any atom is 0.123 e. The summed E-state index contributed by atoms with van der Waals surface area (Å²) in [6.45, 7) is 2.02. The summed E-state index contributed by atoms with van der Waals surface area (Å²) in [6, 6.07) is 13.7. The highest BCUT2D eigenvalue weighted by molar-refractivity contribution is 5.37. The Morgan fingerprint density at radius 3 is 2.90 bits per heavy atom. The van der Waals surface area contributed by atoms with Crippen LogP contribution in [-0.2, 0) is 12.8 Å². The van der Waals surface area contributed by atoms with Crippen LogP contribution in [0.15, 0.2) is 42.5 Å². The number of hydrogen-bond donors (Lipinski definition) is 2. The number of benzene rings is 2.